The number of anilines is 1. The average molecular weight is 273 g/mol. The van der Waals surface area contributed by atoms with Crippen LogP contribution in [0.3, 0.4) is 0 Å². The van der Waals surface area contributed by atoms with Crippen LogP contribution in [-0.4, -0.2) is 27.0 Å². The molecule has 0 aliphatic heterocycles. The molecular formula is C14H19N5O. The maximum Gasteiger partial charge on any atom is 0.242 e. The zero-order chi connectivity index (χ0) is 14.5. The van der Waals surface area contributed by atoms with Crippen LogP contribution in [0.5, 0.6) is 0 Å². The predicted molar refractivity (Wildman–Crippen MR) is 77.9 cm³/mol. The summed E-state index contributed by atoms with van der Waals surface area (Å²) in [6.07, 6.45) is 5.87. The highest BCUT2D eigenvalue weighted by atomic mass is 16.2. The topological polar surface area (TPSA) is 85.8 Å². The maximum atomic E-state index is 12.1. The summed E-state index contributed by atoms with van der Waals surface area (Å²) in [7, 11) is 0. The van der Waals surface area contributed by atoms with E-state index < -0.39 is 0 Å². The molecule has 6 heteroatoms. The van der Waals surface area contributed by atoms with Crippen molar-refractivity contribution in [3.63, 3.8) is 0 Å². The molecule has 2 aromatic heterocycles. The number of imidazole rings is 1. The van der Waals surface area contributed by atoms with Gasteiger partial charge in [0.2, 0.25) is 5.91 Å². The lowest BCUT2D eigenvalue weighted by Crippen LogP contribution is -2.31. The minimum absolute atomic E-state index is 0.0337. The van der Waals surface area contributed by atoms with E-state index in [0.29, 0.717) is 12.4 Å². The van der Waals surface area contributed by atoms with Crippen molar-refractivity contribution in [1.29, 1.82) is 0 Å². The highest BCUT2D eigenvalue weighted by molar-refractivity contribution is 5.81. The molecule has 0 spiro atoms. The number of amides is 1. The second-order valence-corrected chi connectivity index (χ2v) is 4.59. The number of hydrogen-bond donors (Lipinski definition) is 2. The van der Waals surface area contributed by atoms with Gasteiger partial charge < -0.3 is 15.6 Å². The first-order chi connectivity index (χ1) is 9.65. The van der Waals surface area contributed by atoms with Crippen LogP contribution >= 0.6 is 0 Å². The first-order valence-electron chi connectivity index (χ1n) is 6.65. The number of nitrogens with two attached hydrogens (primary N) is 1. The van der Waals surface area contributed by atoms with E-state index in [-0.39, 0.29) is 11.9 Å². The van der Waals surface area contributed by atoms with Crippen LogP contribution < -0.4 is 11.1 Å². The summed E-state index contributed by atoms with van der Waals surface area (Å²) in [4.78, 5) is 20.3. The van der Waals surface area contributed by atoms with Gasteiger partial charge in [-0.15, -0.1) is 0 Å². The number of nitrogens with zero attached hydrogens (tertiary/aromatic N) is 3. The van der Waals surface area contributed by atoms with Crippen LogP contribution in [0.4, 0.5) is 5.82 Å². The molecule has 1 atom stereocenters. The van der Waals surface area contributed by atoms with Crippen molar-refractivity contribution in [2.75, 3.05) is 12.3 Å². The average Bonchev–Trinajstić information content (AvgIpc) is 2.93. The van der Waals surface area contributed by atoms with Gasteiger partial charge >= 0.3 is 0 Å². The Kier molecular flexibility index (Phi) is 4.34. The standard InChI is InChI=1S/C14H19N5O/c1-3-6-18-14(20)10(2)19-9-16-8-12(19)11-5-4-7-17-13(11)15/h4-5,7-10H,3,6H2,1-2H3,(H2,15,17)(H,18,20). The van der Waals surface area contributed by atoms with Gasteiger partial charge in [0.15, 0.2) is 0 Å². The van der Waals surface area contributed by atoms with Crippen molar-refractivity contribution >= 4 is 11.7 Å². The molecule has 2 aromatic rings. The lowest BCUT2D eigenvalue weighted by molar-refractivity contribution is -0.123. The number of nitrogen functional groups attached to an aromatic ring is 1. The fourth-order valence-electron chi connectivity index (χ4n) is 1.98. The molecule has 0 saturated heterocycles. The Morgan fingerprint density at radius 3 is 3.05 bits per heavy atom. The van der Waals surface area contributed by atoms with E-state index in [1.54, 1.807) is 23.3 Å². The van der Waals surface area contributed by atoms with Crippen LogP contribution in [0.15, 0.2) is 30.9 Å². The van der Waals surface area contributed by atoms with Crippen LogP contribution in [-0.2, 0) is 4.79 Å². The number of carbonyl (C=O) groups is 1. The highest BCUT2D eigenvalue weighted by Gasteiger charge is 2.18. The third-order valence-electron chi connectivity index (χ3n) is 3.13. The van der Waals surface area contributed by atoms with Crippen molar-refractivity contribution in [2.45, 2.75) is 26.3 Å². The van der Waals surface area contributed by atoms with Crippen molar-refractivity contribution in [3.05, 3.63) is 30.9 Å². The van der Waals surface area contributed by atoms with Gasteiger partial charge in [0.25, 0.3) is 0 Å². The number of rotatable bonds is 5. The van der Waals surface area contributed by atoms with Crippen LogP contribution in [0.25, 0.3) is 11.3 Å². The van der Waals surface area contributed by atoms with Crippen molar-refractivity contribution < 1.29 is 4.79 Å². The second kappa shape index (κ2) is 6.18. The summed E-state index contributed by atoms with van der Waals surface area (Å²) < 4.78 is 1.80. The summed E-state index contributed by atoms with van der Waals surface area (Å²) in [5.74, 6) is 0.393. The molecule has 0 saturated carbocycles. The number of pyridine rings is 1. The molecule has 0 radical (unpaired) electrons. The second-order valence-electron chi connectivity index (χ2n) is 4.59. The fraction of sp³-hybridized carbons (Fsp3) is 0.357. The van der Waals surface area contributed by atoms with Crippen LogP contribution in [0.2, 0.25) is 0 Å². The number of nitrogens with one attached hydrogen (secondary N) is 1. The molecule has 3 N–H and O–H groups in total. The molecule has 106 valence electrons. The zero-order valence-electron chi connectivity index (χ0n) is 11.7. The molecule has 0 aliphatic rings. The van der Waals surface area contributed by atoms with Crippen molar-refractivity contribution in [3.8, 4) is 11.3 Å². The number of hydrogen-bond acceptors (Lipinski definition) is 4. The Morgan fingerprint density at radius 1 is 1.55 bits per heavy atom. The molecular weight excluding hydrogens is 254 g/mol. The molecule has 0 fully saturated rings. The minimum atomic E-state index is -0.348. The maximum absolute atomic E-state index is 12.1. The van der Waals surface area contributed by atoms with Crippen molar-refractivity contribution in [1.82, 2.24) is 19.9 Å². The predicted octanol–water partition coefficient (Wildman–Crippen LogP) is 1.61. The van der Waals surface area contributed by atoms with E-state index in [1.807, 2.05) is 26.0 Å². The Morgan fingerprint density at radius 2 is 2.35 bits per heavy atom. The zero-order valence-corrected chi connectivity index (χ0v) is 11.7. The molecule has 1 amide bonds. The Balaban J connectivity index is 2.29. The van der Waals surface area contributed by atoms with E-state index in [9.17, 15) is 4.79 Å². The van der Waals surface area contributed by atoms with Gasteiger partial charge in [-0.05, 0) is 25.5 Å². The minimum Gasteiger partial charge on any atom is -0.383 e. The Hall–Kier alpha value is -2.37. The molecule has 2 heterocycles. The van der Waals surface area contributed by atoms with E-state index in [1.165, 1.54) is 0 Å². The highest BCUT2D eigenvalue weighted by Crippen LogP contribution is 2.26. The third kappa shape index (κ3) is 2.79. The van der Waals surface area contributed by atoms with Gasteiger partial charge in [-0.25, -0.2) is 9.97 Å². The van der Waals surface area contributed by atoms with Crippen LogP contribution in [0.1, 0.15) is 26.3 Å². The van der Waals surface area contributed by atoms with Crippen LogP contribution in [0, 0.1) is 0 Å². The van der Waals surface area contributed by atoms with E-state index in [2.05, 4.69) is 15.3 Å². The molecule has 0 aromatic carbocycles. The monoisotopic (exact) mass is 273 g/mol. The van der Waals surface area contributed by atoms with E-state index in [4.69, 9.17) is 5.73 Å². The Bertz CT molecular complexity index is 593. The first-order valence-corrected chi connectivity index (χ1v) is 6.65. The van der Waals surface area contributed by atoms with Gasteiger partial charge in [-0.3, -0.25) is 4.79 Å². The smallest absolute Gasteiger partial charge is 0.242 e. The lowest BCUT2D eigenvalue weighted by atomic mass is 10.2. The molecule has 1 unspecified atom stereocenters. The summed E-state index contributed by atoms with van der Waals surface area (Å²) in [6, 6.07) is 3.33. The quantitative estimate of drug-likeness (QED) is 0.866. The first kappa shape index (κ1) is 14.0. The molecule has 6 nitrogen and oxygen atoms in total. The third-order valence-corrected chi connectivity index (χ3v) is 3.13. The summed E-state index contributed by atoms with van der Waals surface area (Å²) in [5.41, 5.74) is 7.45. The van der Waals surface area contributed by atoms with Crippen molar-refractivity contribution in [2.24, 2.45) is 0 Å². The Labute approximate surface area is 118 Å². The van der Waals surface area contributed by atoms with Gasteiger partial charge in [0, 0.05) is 18.3 Å². The van der Waals surface area contributed by atoms with Gasteiger partial charge in [0.1, 0.15) is 11.9 Å². The summed E-state index contributed by atoms with van der Waals surface area (Å²) in [5, 5.41) is 2.88. The lowest BCUT2D eigenvalue weighted by Gasteiger charge is -2.16. The van der Waals surface area contributed by atoms with E-state index in [0.717, 1.165) is 17.7 Å². The fourth-order valence-corrected chi connectivity index (χ4v) is 1.98. The molecule has 20 heavy (non-hydrogen) atoms. The molecule has 0 aliphatic carbocycles. The normalized spacial score (nSPS) is 12.1. The summed E-state index contributed by atoms with van der Waals surface area (Å²) in [6.45, 7) is 4.52. The van der Waals surface area contributed by atoms with Gasteiger partial charge in [-0.1, -0.05) is 6.92 Å². The van der Waals surface area contributed by atoms with E-state index >= 15 is 0 Å². The number of carbonyl (C=O) groups excluding carboxylic acids is 1. The summed E-state index contributed by atoms with van der Waals surface area (Å²) >= 11 is 0. The SMILES string of the molecule is CCCNC(=O)C(C)n1cncc1-c1cccnc1N. The number of aromatic nitrogens is 3. The van der Waals surface area contributed by atoms with Gasteiger partial charge in [0.05, 0.1) is 18.2 Å². The molecule has 0 bridgehead atoms. The van der Waals surface area contributed by atoms with Gasteiger partial charge in [-0.2, -0.15) is 0 Å². The largest absolute Gasteiger partial charge is 0.383 e. The molecule has 2 rings (SSSR count).